The Balaban J connectivity index is 2.97. The summed E-state index contributed by atoms with van der Waals surface area (Å²) < 4.78 is 12.2. The molecule has 1 rings (SSSR count). The molecule has 0 aliphatic heterocycles. The summed E-state index contributed by atoms with van der Waals surface area (Å²) in [4.78, 5) is 0. The topological polar surface area (TPSA) is 17.1 Å². The quantitative estimate of drug-likeness (QED) is 0.558. The van der Waals surface area contributed by atoms with Gasteiger partial charge in [0.25, 0.3) is 0 Å². The van der Waals surface area contributed by atoms with Gasteiger partial charge >= 0.3 is 62.8 Å². The third kappa shape index (κ3) is 1.74. The summed E-state index contributed by atoms with van der Waals surface area (Å²) in [5.74, 6) is 0. The Morgan fingerprint density at radius 1 is 1.10 bits per heavy atom. The van der Waals surface area contributed by atoms with Gasteiger partial charge < -0.3 is 0 Å². The molecule has 0 unspecified atom stereocenters. The molecule has 2 heteroatoms. The van der Waals surface area contributed by atoms with Gasteiger partial charge in [-0.15, -0.1) is 0 Å². The number of hydrogen-bond acceptors (Lipinski definition) is 1. The Morgan fingerprint density at radius 2 is 1.50 bits per heavy atom. The molecule has 10 heavy (non-hydrogen) atoms. The van der Waals surface area contributed by atoms with E-state index in [4.69, 9.17) is 0 Å². The molecule has 0 fully saturated rings. The second-order valence-corrected chi connectivity index (χ2v) is 15.1. The predicted octanol–water partition coefficient (Wildman–Crippen LogP) is 3.08. The number of rotatable bonds is 1. The maximum atomic E-state index is 12.0. The van der Waals surface area contributed by atoms with Gasteiger partial charge in [0, 0.05) is 0 Å². The molecule has 0 amide bonds. The summed E-state index contributed by atoms with van der Waals surface area (Å²) in [7, 11) is 0. The molecule has 1 aliphatic rings. The van der Waals surface area contributed by atoms with E-state index < -0.39 is 15.3 Å². The van der Waals surface area contributed by atoms with E-state index in [0.717, 1.165) is 0 Å². The molecule has 0 saturated heterocycles. The Hall–Kier alpha value is -0.00571. The molecular formula is C8H14OTi. The van der Waals surface area contributed by atoms with Crippen molar-refractivity contribution in [2.24, 2.45) is 0 Å². The number of allylic oxidation sites excluding steroid dienone is 4. The summed E-state index contributed by atoms with van der Waals surface area (Å²) in [6.07, 6.45) is 8.01. The fraction of sp³-hybridized carbons (Fsp3) is 0.500. The van der Waals surface area contributed by atoms with Gasteiger partial charge in [0.15, 0.2) is 0 Å². The first-order chi connectivity index (χ1) is 4.36. The average Bonchev–Trinajstić information content (AvgIpc) is 2.04. The molecule has 0 spiro atoms. The Labute approximate surface area is 63.0 Å². The minimum atomic E-state index is -3.24. The van der Waals surface area contributed by atoms with Gasteiger partial charge in [-0.1, -0.05) is 0 Å². The molecule has 0 aromatic rings. The van der Waals surface area contributed by atoms with Gasteiger partial charge in [0.1, 0.15) is 0 Å². The molecule has 1 aliphatic carbocycles. The van der Waals surface area contributed by atoms with E-state index in [0.29, 0.717) is 0 Å². The van der Waals surface area contributed by atoms with Gasteiger partial charge in [-0.25, -0.2) is 0 Å². The van der Waals surface area contributed by atoms with Crippen molar-refractivity contribution in [3.63, 3.8) is 0 Å². The van der Waals surface area contributed by atoms with E-state index in [2.05, 4.69) is 0 Å². The van der Waals surface area contributed by atoms with E-state index >= 15 is 0 Å². The summed E-state index contributed by atoms with van der Waals surface area (Å²) in [5, 5.41) is 5.76. The van der Waals surface area contributed by atoms with Gasteiger partial charge in [-0.05, 0) is 0 Å². The van der Waals surface area contributed by atoms with Gasteiger partial charge in [0.2, 0.25) is 0 Å². The zero-order valence-corrected chi connectivity index (χ0v) is 8.36. The molecule has 0 heterocycles. The average molecular weight is 174 g/mol. The molecule has 56 valence electrons. The van der Waals surface area contributed by atoms with Crippen LogP contribution >= 0.6 is 0 Å². The van der Waals surface area contributed by atoms with Crippen molar-refractivity contribution in [1.29, 1.82) is 0 Å². The van der Waals surface area contributed by atoms with Crippen LogP contribution in [0.4, 0.5) is 0 Å². The van der Waals surface area contributed by atoms with E-state index in [1.54, 1.807) is 0 Å². The van der Waals surface area contributed by atoms with Gasteiger partial charge in [-0.2, -0.15) is 0 Å². The molecular weight excluding hydrogens is 160 g/mol. The van der Waals surface area contributed by atoms with Crippen molar-refractivity contribution in [2.75, 3.05) is 0 Å². The third-order valence-corrected chi connectivity index (χ3v) is 6.03. The van der Waals surface area contributed by atoms with Crippen molar-refractivity contribution in [1.82, 2.24) is 0 Å². The molecule has 0 atom stereocenters. The van der Waals surface area contributed by atoms with E-state index in [1.807, 2.05) is 40.0 Å². The van der Waals surface area contributed by atoms with Crippen LogP contribution in [0.1, 0.15) is 0 Å². The standard InChI is InChI=1S/C5H5.3CH3.O.Ti/c1-2-4-5-3-1;;;;;/h1-5H;3*1H3;;. The SMILES string of the molecule is [CH3][Ti]([CH3])([CH3])(=[O])[CH]1C=CC=C1. The summed E-state index contributed by atoms with van der Waals surface area (Å²) >= 11 is -3.24. The van der Waals surface area contributed by atoms with Crippen molar-refractivity contribution in [3.05, 3.63) is 24.3 Å². The summed E-state index contributed by atoms with van der Waals surface area (Å²) in [6.45, 7) is 0. The van der Waals surface area contributed by atoms with Gasteiger partial charge in [0.05, 0.1) is 0 Å². The van der Waals surface area contributed by atoms with Crippen LogP contribution in [0.25, 0.3) is 0 Å². The number of hydrogen-bond donors (Lipinski definition) is 0. The first-order valence-corrected chi connectivity index (χ1v) is 9.88. The van der Waals surface area contributed by atoms with Crippen molar-refractivity contribution in [2.45, 2.75) is 19.9 Å². The summed E-state index contributed by atoms with van der Waals surface area (Å²) in [6, 6.07) is 0. The zero-order chi connectivity index (χ0) is 7.85. The van der Waals surface area contributed by atoms with E-state index in [9.17, 15) is 3.32 Å². The van der Waals surface area contributed by atoms with Crippen LogP contribution in [-0.4, -0.2) is 0 Å². The fourth-order valence-electron chi connectivity index (χ4n) is 1.09. The van der Waals surface area contributed by atoms with Crippen LogP contribution in [0.3, 0.4) is 0 Å². The van der Waals surface area contributed by atoms with Crippen molar-refractivity contribution < 1.29 is 18.6 Å². The van der Waals surface area contributed by atoms with Crippen LogP contribution in [0.15, 0.2) is 24.3 Å². The normalized spacial score (nSPS) is 20.4. The fourth-order valence-corrected chi connectivity index (χ4v) is 3.48. The molecule has 0 aromatic carbocycles. The molecule has 1 nitrogen and oxygen atoms in total. The molecule has 0 radical (unpaired) electrons. The van der Waals surface area contributed by atoms with Crippen LogP contribution in [0.5, 0.6) is 0 Å². The molecule has 0 bridgehead atoms. The van der Waals surface area contributed by atoms with E-state index in [-0.39, 0.29) is 4.22 Å². The Kier molecular flexibility index (Phi) is 1.61. The van der Waals surface area contributed by atoms with Crippen molar-refractivity contribution >= 4 is 0 Å². The summed E-state index contributed by atoms with van der Waals surface area (Å²) in [5.41, 5.74) is 0. The maximum absolute atomic E-state index is 12.0. The molecule has 0 saturated carbocycles. The zero-order valence-electron chi connectivity index (χ0n) is 6.79. The third-order valence-electron chi connectivity index (χ3n) is 1.88. The van der Waals surface area contributed by atoms with Crippen LogP contribution in [0.2, 0.25) is 19.9 Å². The van der Waals surface area contributed by atoms with Crippen molar-refractivity contribution in [3.8, 4) is 0 Å². The van der Waals surface area contributed by atoms with Crippen LogP contribution in [0, 0.1) is 0 Å². The minimum absolute atomic E-state index is 0.233. The monoisotopic (exact) mass is 174 g/mol. The van der Waals surface area contributed by atoms with Gasteiger partial charge in [-0.3, -0.25) is 0 Å². The second-order valence-electron chi connectivity index (χ2n) is 4.39. The van der Waals surface area contributed by atoms with E-state index in [1.165, 1.54) is 0 Å². The second kappa shape index (κ2) is 1.99. The first kappa shape index (κ1) is 8.09. The Bertz CT molecular complexity index is 231. The molecule has 0 N–H and O–H groups in total. The molecule has 0 aromatic heterocycles. The van der Waals surface area contributed by atoms with Crippen LogP contribution in [-0.2, 0) is 18.6 Å². The predicted molar refractivity (Wildman–Crippen MR) is 40.3 cm³/mol. The first-order valence-electron chi connectivity index (χ1n) is 3.66. The van der Waals surface area contributed by atoms with Crippen LogP contribution < -0.4 is 0 Å². The Morgan fingerprint density at radius 3 is 1.70 bits per heavy atom.